The van der Waals surface area contributed by atoms with Crippen molar-refractivity contribution in [3.05, 3.63) is 28.7 Å². The summed E-state index contributed by atoms with van der Waals surface area (Å²) < 4.78 is 16.0. The molecule has 1 aromatic carbocycles. The predicted molar refractivity (Wildman–Crippen MR) is 80.2 cm³/mol. The van der Waals surface area contributed by atoms with E-state index in [2.05, 4.69) is 17.2 Å². The monoisotopic (exact) mass is 294 g/mol. The largest absolute Gasteiger partial charge is 0.493 e. The average molecular weight is 294 g/mol. The molecule has 0 spiro atoms. The topological polar surface area (TPSA) is 52.6 Å². The van der Waals surface area contributed by atoms with E-state index in [0.717, 1.165) is 5.69 Å². The van der Waals surface area contributed by atoms with Gasteiger partial charge in [0.2, 0.25) is 5.75 Å². The van der Waals surface area contributed by atoms with Crippen molar-refractivity contribution >= 4 is 17.0 Å². The van der Waals surface area contributed by atoms with Gasteiger partial charge in [-0.15, -0.1) is 11.3 Å². The molecule has 1 unspecified atom stereocenters. The fourth-order valence-electron chi connectivity index (χ4n) is 1.93. The standard InChI is InChI=1S/C14H18N2O3S/c1-9(13-7-15-8-20-13)16-10-5-11(17-2)14(19-4)12(6-10)18-3/h5-9,16H,1-4H3. The number of methoxy groups -OCH3 is 3. The highest BCUT2D eigenvalue weighted by molar-refractivity contribution is 7.09. The molecule has 0 aliphatic heterocycles. The highest BCUT2D eigenvalue weighted by Gasteiger charge is 2.15. The molecule has 6 heteroatoms. The Morgan fingerprint density at radius 2 is 1.75 bits per heavy atom. The molecule has 0 saturated carbocycles. The fraction of sp³-hybridized carbons (Fsp3) is 0.357. The number of aromatic nitrogens is 1. The Labute approximate surface area is 122 Å². The van der Waals surface area contributed by atoms with E-state index < -0.39 is 0 Å². The molecular formula is C14H18N2O3S. The van der Waals surface area contributed by atoms with Gasteiger partial charge >= 0.3 is 0 Å². The Balaban J connectivity index is 2.28. The second kappa shape index (κ2) is 6.47. The molecule has 1 N–H and O–H groups in total. The summed E-state index contributed by atoms with van der Waals surface area (Å²) in [5, 5.41) is 3.40. The quantitative estimate of drug-likeness (QED) is 0.885. The first-order valence-electron chi connectivity index (χ1n) is 6.14. The lowest BCUT2D eigenvalue weighted by Crippen LogP contribution is -2.06. The number of hydrogen-bond donors (Lipinski definition) is 1. The first-order chi connectivity index (χ1) is 9.69. The lowest BCUT2D eigenvalue weighted by Gasteiger charge is -2.17. The molecule has 1 heterocycles. The van der Waals surface area contributed by atoms with E-state index in [-0.39, 0.29) is 6.04 Å². The van der Waals surface area contributed by atoms with Crippen LogP contribution in [-0.4, -0.2) is 26.3 Å². The van der Waals surface area contributed by atoms with E-state index in [1.54, 1.807) is 32.7 Å². The van der Waals surface area contributed by atoms with E-state index in [9.17, 15) is 0 Å². The molecular weight excluding hydrogens is 276 g/mol. The van der Waals surface area contributed by atoms with Gasteiger partial charge in [0.05, 0.1) is 32.9 Å². The van der Waals surface area contributed by atoms with E-state index in [0.29, 0.717) is 17.2 Å². The Kier molecular flexibility index (Phi) is 4.68. The van der Waals surface area contributed by atoms with Crippen molar-refractivity contribution in [1.82, 2.24) is 4.98 Å². The van der Waals surface area contributed by atoms with Gasteiger partial charge in [0.15, 0.2) is 11.5 Å². The van der Waals surface area contributed by atoms with Crippen LogP contribution < -0.4 is 19.5 Å². The number of benzene rings is 1. The zero-order chi connectivity index (χ0) is 14.5. The molecule has 1 aromatic heterocycles. The van der Waals surface area contributed by atoms with Gasteiger partial charge in [-0.2, -0.15) is 0 Å². The zero-order valence-corrected chi connectivity index (χ0v) is 12.8. The van der Waals surface area contributed by atoms with E-state index in [1.807, 2.05) is 23.8 Å². The summed E-state index contributed by atoms with van der Waals surface area (Å²) in [6.07, 6.45) is 1.86. The van der Waals surface area contributed by atoms with Gasteiger partial charge in [-0.1, -0.05) is 0 Å². The maximum Gasteiger partial charge on any atom is 0.203 e. The van der Waals surface area contributed by atoms with Gasteiger partial charge < -0.3 is 19.5 Å². The van der Waals surface area contributed by atoms with Crippen molar-refractivity contribution in [2.45, 2.75) is 13.0 Å². The Morgan fingerprint density at radius 1 is 1.10 bits per heavy atom. The molecule has 0 radical (unpaired) electrons. The third kappa shape index (κ3) is 2.96. The second-order valence-corrected chi connectivity index (χ2v) is 5.10. The van der Waals surface area contributed by atoms with Gasteiger partial charge in [0.25, 0.3) is 0 Å². The summed E-state index contributed by atoms with van der Waals surface area (Å²) in [6.45, 7) is 2.08. The minimum absolute atomic E-state index is 0.158. The number of rotatable bonds is 6. The van der Waals surface area contributed by atoms with Crippen molar-refractivity contribution in [2.75, 3.05) is 26.6 Å². The van der Waals surface area contributed by atoms with Crippen LogP contribution in [0.2, 0.25) is 0 Å². The van der Waals surface area contributed by atoms with Gasteiger partial charge in [0.1, 0.15) is 0 Å². The molecule has 1 atom stereocenters. The van der Waals surface area contributed by atoms with Crippen LogP contribution in [-0.2, 0) is 0 Å². The third-order valence-electron chi connectivity index (χ3n) is 2.93. The summed E-state index contributed by atoms with van der Waals surface area (Å²) >= 11 is 1.62. The van der Waals surface area contributed by atoms with Crippen LogP contribution in [0.5, 0.6) is 17.2 Å². The molecule has 2 aromatic rings. The molecule has 0 saturated heterocycles. The van der Waals surface area contributed by atoms with E-state index in [4.69, 9.17) is 14.2 Å². The van der Waals surface area contributed by atoms with E-state index in [1.165, 1.54) is 4.88 Å². The molecule has 108 valence electrons. The predicted octanol–water partition coefficient (Wildman–Crippen LogP) is 3.34. The molecule has 20 heavy (non-hydrogen) atoms. The number of anilines is 1. The van der Waals surface area contributed by atoms with Crippen molar-refractivity contribution < 1.29 is 14.2 Å². The van der Waals surface area contributed by atoms with Crippen molar-refractivity contribution in [1.29, 1.82) is 0 Å². The lowest BCUT2D eigenvalue weighted by atomic mass is 10.2. The number of ether oxygens (including phenoxy) is 3. The molecule has 2 rings (SSSR count). The average Bonchev–Trinajstić information content (AvgIpc) is 3.00. The summed E-state index contributed by atoms with van der Waals surface area (Å²) in [5.41, 5.74) is 2.73. The molecule has 0 bridgehead atoms. The van der Waals surface area contributed by atoms with Crippen LogP contribution in [0.25, 0.3) is 0 Å². The Bertz CT molecular complexity index is 533. The summed E-state index contributed by atoms with van der Waals surface area (Å²) in [6, 6.07) is 3.93. The Morgan fingerprint density at radius 3 is 2.20 bits per heavy atom. The summed E-state index contributed by atoms with van der Waals surface area (Å²) in [5.74, 6) is 1.85. The van der Waals surface area contributed by atoms with Crippen molar-refractivity contribution in [3.8, 4) is 17.2 Å². The summed E-state index contributed by atoms with van der Waals surface area (Å²) in [4.78, 5) is 5.25. The maximum atomic E-state index is 5.34. The molecule has 5 nitrogen and oxygen atoms in total. The minimum atomic E-state index is 0.158. The first kappa shape index (κ1) is 14.5. The molecule has 0 aliphatic carbocycles. The van der Waals surface area contributed by atoms with Gasteiger partial charge in [-0.05, 0) is 6.92 Å². The van der Waals surface area contributed by atoms with Crippen LogP contribution in [0.1, 0.15) is 17.8 Å². The van der Waals surface area contributed by atoms with Crippen LogP contribution in [0.3, 0.4) is 0 Å². The van der Waals surface area contributed by atoms with E-state index >= 15 is 0 Å². The van der Waals surface area contributed by atoms with Crippen LogP contribution in [0.15, 0.2) is 23.8 Å². The van der Waals surface area contributed by atoms with Gasteiger partial charge in [-0.3, -0.25) is 4.98 Å². The van der Waals surface area contributed by atoms with Crippen LogP contribution in [0.4, 0.5) is 5.69 Å². The maximum absolute atomic E-state index is 5.34. The molecule has 0 aliphatic rings. The molecule has 0 fully saturated rings. The highest BCUT2D eigenvalue weighted by atomic mass is 32.1. The smallest absolute Gasteiger partial charge is 0.203 e. The normalized spacial score (nSPS) is 11.8. The third-order valence-corrected chi connectivity index (χ3v) is 3.88. The van der Waals surface area contributed by atoms with Crippen molar-refractivity contribution in [2.24, 2.45) is 0 Å². The van der Waals surface area contributed by atoms with Gasteiger partial charge in [0, 0.05) is 28.9 Å². The van der Waals surface area contributed by atoms with Crippen LogP contribution >= 0.6 is 11.3 Å². The van der Waals surface area contributed by atoms with Gasteiger partial charge in [-0.25, -0.2) is 0 Å². The highest BCUT2D eigenvalue weighted by Crippen LogP contribution is 2.40. The SMILES string of the molecule is COc1cc(NC(C)c2cncs2)cc(OC)c1OC. The lowest BCUT2D eigenvalue weighted by molar-refractivity contribution is 0.324. The first-order valence-corrected chi connectivity index (χ1v) is 7.02. The minimum Gasteiger partial charge on any atom is -0.493 e. The number of nitrogens with one attached hydrogen (secondary N) is 1. The fourth-order valence-corrected chi connectivity index (χ4v) is 2.55. The summed E-state index contributed by atoms with van der Waals surface area (Å²) in [7, 11) is 4.80. The second-order valence-electron chi connectivity index (χ2n) is 4.18. The number of nitrogens with zero attached hydrogens (tertiary/aromatic N) is 1. The Hall–Kier alpha value is -1.95. The zero-order valence-electron chi connectivity index (χ0n) is 12.0. The molecule has 0 amide bonds. The number of hydrogen-bond acceptors (Lipinski definition) is 6. The number of thiazole rings is 1. The van der Waals surface area contributed by atoms with Crippen molar-refractivity contribution in [3.63, 3.8) is 0 Å². The van der Waals surface area contributed by atoms with Crippen LogP contribution in [0, 0.1) is 0 Å².